The van der Waals surface area contributed by atoms with Crippen LogP contribution in [0.2, 0.25) is 0 Å². The van der Waals surface area contributed by atoms with Gasteiger partial charge in [-0.15, -0.1) is 0 Å². The average Bonchev–Trinajstić information content (AvgIpc) is 2.99. The molecule has 0 saturated carbocycles. The molecule has 0 unspecified atom stereocenters. The highest BCUT2D eigenvalue weighted by molar-refractivity contribution is 5.76. The van der Waals surface area contributed by atoms with Crippen LogP contribution in [0, 0.1) is 0 Å². The van der Waals surface area contributed by atoms with Crippen molar-refractivity contribution in [2.24, 2.45) is 0 Å². The van der Waals surface area contributed by atoms with Crippen LogP contribution in [0.1, 0.15) is 39.1 Å². The number of hydrogen-bond acceptors (Lipinski definition) is 3. The van der Waals surface area contributed by atoms with Crippen molar-refractivity contribution in [2.75, 3.05) is 19.7 Å². The topological polar surface area (TPSA) is 70.2 Å². The monoisotopic (exact) mass is 316 g/mol. The number of aromatic nitrogens is 2. The van der Waals surface area contributed by atoms with Gasteiger partial charge in [-0.05, 0) is 32.4 Å². The lowest BCUT2D eigenvalue weighted by Crippen LogP contribution is -2.54. The summed E-state index contributed by atoms with van der Waals surface area (Å²) < 4.78 is 5.78. The second-order valence-corrected chi connectivity index (χ2v) is 6.38. The number of morpholine rings is 1. The van der Waals surface area contributed by atoms with Crippen molar-refractivity contribution in [3.63, 3.8) is 0 Å². The highest BCUT2D eigenvalue weighted by atomic mass is 16.5. The summed E-state index contributed by atoms with van der Waals surface area (Å²) in [7, 11) is 0. The lowest BCUT2D eigenvalue weighted by Gasteiger charge is -2.40. The number of ether oxygens (including phenoxy) is 1. The predicted molar refractivity (Wildman–Crippen MR) is 89.3 cm³/mol. The largest absolute Gasteiger partial charge is 0.372 e. The summed E-state index contributed by atoms with van der Waals surface area (Å²) >= 11 is 0. The first kappa shape index (κ1) is 15.8. The molecule has 1 aromatic heterocycles. The van der Waals surface area contributed by atoms with Crippen molar-refractivity contribution < 1.29 is 9.53 Å². The lowest BCUT2D eigenvalue weighted by molar-refractivity contribution is -0.0874. The van der Waals surface area contributed by atoms with E-state index in [2.05, 4.69) is 29.1 Å². The van der Waals surface area contributed by atoms with Crippen LogP contribution in [0.15, 0.2) is 24.3 Å². The molecular weight excluding hydrogens is 292 g/mol. The number of fused-ring (bicyclic) bond motifs is 1. The number of H-pyrrole nitrogens is 1. The van der Waals surface area contributed by atoms with Crippen molar-refractivity contribution in [2.45, 2.75) is 38.8 Å². The zero-order valence-electron chi connectivity index (χ0n) is 13.9. The van der Waals surface area contributed by atoms with Gasteiger partial charge in [0.05, 0.1) is 35.8 Å². The van der Waals surface area contributed by atoms with E-state index in [9.17, 15) is 4.79 Å². The number of hydrogen-bond donors (Lipinski definition) is 2. The number of nitrogens with one attached hydrogen (secondary N) is 2. The molecular formula is C17H24N4O2. The van der Waals surface area contributed by atoms with Crippen LogP contribution in [-0.2, 0) is 4.74 Å². The van der Waals surface area contributed by atoms with Gasteiger partial charge in [-0.25, -0.2) is 9.78 Å². The maximum Gasteiger partial charge on any atom is 0.318 e. The van der Waals surface area contributed by atoms with E-state index in [-0.39, 0.29) is 17.7 Å². The molecule has 23 heavy (non-hydrogen) atoms. The Morgan fingerprint density at radius 2 is 2.30 bits per heavy atom. The minimum atomic E-state index is -0.252. The highest BCUT2D eigenvalue weighted by Crippen LogP contribution is 2.22. The van der Waals surface area contributed by atoms with Crippen molar-refractivity contribution in [3.05, 3.63) is 30.1 Å². The molecule has 0 spiro atoms. The summed E-state index contributed by atoms with van der Waals surface area (Å²) in [5, 5.41) is 3.03. The third-order valence-electron chi connectivity index (χ3n) is 4.53. The number of aromatic amines is 1. The molecule has 1 saturated heterocycles. The molecule has 2 heterocycles. The molecule has 2 N–H and O–H groups in total. The molecule has 2 atom stereocenters. The van der Waals surface area contributed by atoms with Crippen molar-refractivity contribution in [1.29, 1.82) is 0 Å². The number of urea groups is 1. The highest BCUT2D eigenvalue weighted by Gasteiger charge is 2.33. The first-order valence-electron chi connectivity index (χ1n) is 8.15. The van der Waals surface area contributed by atoms with E-state index >= 15 is 0 Å². The molecule has 0 radical (unpaired) electrons. The SMILES string of the molecule is CC[C@@]1(C)CN(C(=O)N[C@@H](C)c2nc3ccccc3[nH]2)CCO1. The first-order chi connectivity index (χ1) is 11.0. The molecule has 124 valence electrons. The third-order valence-corrected chi connectivity index (χ3v) is 4.53. The van der Waals surface area contributed by atoms with E-state index in [0.717, 1.165) is 23.3 Å². The van der Waals surface area contributed by atoms with Gasteiger partial charge in [0.2, 0.25) is 0 Å². The van der Waals surface area contributed by atoms with Gasteiger partial charge in [-0.3, -0.25) is 0 Å². The fraction of sp³-hybridized carbons (Fsp3) is 0.529. The molecule has 0 bridgehead atoms. The van der Waals surface area contributed by atoms with Crippen LogP contribution in [0.25, 0.3) is 11.0 Å². The number of para-hydroxylation sites is 2. The van der Waals surface area contributed by atoms with E-state index in [0.29, 0.717) is 19.7 Å². The Morgan fingerprint density at radius 3 is 3.04 bits per heavy atom. The molecule has 1 aromatic carbocycles. The summed E-state index contributed by atoms with van der Waals surface area (Å²) in [6.07, 6.45) is 0.885. The van der Waals surface area contributed by atoms with Gasteiger partial charge in [0.25, 0.3) is 0 Å². The summed E-state index contributed by atoms with van der Waals surface area (Å²) in [5.74, 6) is 0.770. The van der Waals surface area contributed by atoms with Crippen molar-refractivity contribution in [1.82, 2.24) is 20.2 Å². The van der Waals surface area contributed by atoms with E-state index < -0.39 is 0 Å². The molecule has 1 fully saturated rings. The van der Waals surface area contributed by atoms with Gasteiger partial charge in [0.15, 0.2) is 0 Å². The lowest BCUT2D eigenvalue weighted by atomic mass is 10.0. The summed E-state index contributed by atoms with van der Waals surface area (Å²) in [4.78, 5) is 22.1. The Morgan fingerprint density at radius 1 is 1.52 bits per heavy atom. The van der Waals surface area contributed by atoms with E-state index in [1.54, 1.807) is 0 Å². The normalized spacial score (nSPS) is 23.0. The van der Waals surface area contributed by atoms with Crippen molar-refractivity contribution in [3.8, 4) is 0 Å². The van der Waals surface area contributed by atoms with Gasteiger partial charge in [-0.1, -0.05) is 19.1 Å². The number of carbonyl (C=O) groups excluding carboxylic acids is 1. The molecule has 3 rings (SSSR count). The molecule has 1 aliphatic rings. The summed E-state index contributed by atoms with van der Waals surface area (Å²) in [6, 6.07) is 7.61. The minimum absolute atomic E-state index is 0.0686. The third kappa shape index (κ3) is 3.32. The summed E-state index contributed by atoms with van der Waals surface area (Å²) in [6.45, 7) is 7.88. The zero-order valence-corrected chi connectivity index (χ0v) is 13.9. The van der Waals surface area contributed by atoms with Crippen LogP contribution in [0.4, 0.5) is 4.79 Å². The van der Waals surface area contributed by atoms with Gasteiger partial charge in [0, 0.05) is 6.54 Å². The average molecular weight is 316 g/mol. The first-order valence-corrected chi connectivity index (χ1v) is 8.15. The van der Waals surface area contributed by atoms with Crippen LogP contribution < -0.4 is 5.32 Å². The van der Waals surface area contributed by atoms with E-state index in [1.165, 1.54) is 0 Å². The van der Waals surface area contributed by atoms with Gasteiger partial charge >= 0.3 is 6.03 Å². The Bertz CT molecular complexity index is 666. The Hall–Kier alpha value is -2.08. The quantitative estimate of drug-likeness (QED) is 0.915. The van der Waals surface area contributed by atoms with Crippen LogP contribution >= 0.6 is 0 Å². The number of imidazole rings is 1. The van der Waals surface area contributed by atoms with E-state index in [4.69, 9.17) is 4.74 Å². The molecule has 2 aromatic rings. The molecule has 6 heteroatoms. The molecule has 0 aliphatic carbocycles. The number of nitrogens with zero attached hydrogens (tertiary/aromatic N) is 2. The maximum absolute atomic E-state index is 12.5. The number of amides is 2. The molecule has 1 aliphatic heterocycles. The van der Waals surface area contributed by atoms with Crippen LogP contribution in [-0.4, -0.2) is 46.2 Å². The minimum Gasteiger partial charge on any atom is -0.372 e. The van der Waals surface area contributed by atoms with E-state index in [1.807, 2.05) is 36.1 Å². The van der Waals surface area contributed by atoms with Gasteiger partial charge in [-0.2, -0.15) is 0 Å². The predicted octanol–water partition coefficient (Wildman–Crippen LogP) is 2.83. The van der Waals surface area contributed by atoms with Crippen molar-refractivity contribution >= 4 is 17.1 Å². The van der Waals surface area contributed by atoms with Crippen LogP contribution in [0.3, 0.4) is 0 Å². The smallest absolute Gasteiger partial charge is 0.318 e. The van der Waals surface area contributed by atoms with Gasteiger partial charge in [0.1, 0.15) is 5.82 Å². The fourth-order valence-electron chi connectivity index (χ4n) is 2.84. The fourth-order valence-corrected chi connectivity index (χ4v) is 2.84. The van der Waals surface area contributed by atoms with Gasteiger partial charge < -0.3 is 19.9 Å². The number of benzene rings is 1. The summed E-state index contributed by atoms with van der Waals surface area (Å²) in [5.41, 5.74) is 1.64. The molecule has 2 amide bonds. The maximum atomic E-state index is 12.5. The standard InChI is InChI=1S/C17H24N4O2/c1-4-17(3)11-21(9-10-23-17)16(22)18-12(2)15-19-13-7-5-6-8-14(13)20-15/h5-8,12H,4,9-11H2,1-3H3,(H,18,22)(H,19,20)/t12-,17-/m0/s1. The Balaban J connectivity index is 1.67. The second-order valence-electron chi connectivity index (χ2n) is 6.38. The Kier molecular flexibility index (Phi) is 4.26. The molecule has 6 nitrogen and oxygen atoms in total. The number of carbonyl (C=O) groups is 1. The van der Waals surface area contributed by atoms with Crippen LogP contribution in [0.5, 0.6) is 0 Å². The zero-order chi connectivity index (χ0) is 16.4. The Labute approximate surface area is 136 Å². The number of rotatable bonds is 3. The second kappa shape index (κ2) is 6.20.